The van der Waals surface area contributed by atoms with Crippen molar-refractivity contribution in [2.24, 2.45) is 0 Å². The van der Waals surface area contributed by atoms with Crippen LogP contribution in [0.2, 0.25) is 0 Å². The molecular weight excluding hydrogens is 405 g/mol. The minimum Gasteiger partial charge on any atom is -0.335 e. The van der Waals surface area contributed by atoms with Gasteiger partial charge >= 0.3 is 0 Å². The van der Waals surface area contributed by atoms with Gasteiger partial charge in [-0.15, -0.1) is 0 Å². The molecule has 2 rings (SSSR count). The highest BCUT2D eigenvalue weighted by atomic mass is 127. The van der Waals surface area contributed by atoms with Crippen LogP contribution in [0, 0.1) is 10.5 Å². The van der Waals surface area contributed by atoms with Crippen molar-refractivity contribution in [3.8, 4) is 0 Å². The Balaban J connectivity index is 2.24. The molecule has 4 heteroatoms. The number of amides is 1. The standard InChI is InChI=1S/C14H17BrINO/c1-10-4-2-7-12(13(10)16)14(18)17(9-8-15)11-5-3-6-11/h2,4,7,11H,3,5-6,8-9H2,1H3. The molecule has 2 nitrogen and oxygen atoms in total. The molecule has 1 aromatic rings. The van der Waals surface area contributed by atoms with Crippen LogP contribution in [0.5, 0.6) is 0 Å². The molecule has 0 aromatic heterocycles. The summed E-state index contributed by atoms with van der Waals surface area (Å²) in [6, 6.07) is 6.41. The third kappa shape index (κ3) is 2.90. The van der Waals surface area contributed by atoms with Gasteiger partial charge in [0.05, 0.1) is 5.56 Å². The molecule has 0 radical (unpaired) electrons. The summed E-state index contributed by atoms with van der Waals surface area (Å²) in [6.07, 6.45) is 3.56. The van der Waals surface area contributed by atoms with Gasteiger partial charge in [-0.2, -0.15) is 0 Å². The first-order valence-electron chi connectivity index (χ1n) is 6.27. The van der Waals surface area contributed by atoms with Crippen molar-refractivity contribution in [1.82, 2.24) is 4.90 Å². The lowest BCUT2D eigenvalue weighted by Crippen LogP contribution is -2.45. The van der Waals surface area contributed by atoms with Gasteiger partial charge in [0.15, 0.2) is 0 Å². The Labute approximate surface area is 130 Å². The Morgan fingerprint density at radius 3 is 2.78 bits per heavy atom. The lowest BCUT2D eigenvalue weighted by Gasteiger charge is -2.37. The second-order valence-corrected chi connectivity index (χ2v) is 6.58. The van der Waals surface area contributed by atoms with Gasteiger partial charge in [0.25, 0.3) is 5.91 Å². The lowest BCUT2D eigenvalue weighted by molar-refractivity contribution is 0.0598. The Hall–Kier alpha value is -0.100. The fraction of sp³-hybridized carbons (Fsp3) is 0.500. The number of nitrogens with zero attached hydrogens (tertiary/aromatic N) is 1. The SMILES string of the molecule is Cc1cccc(C(=O)N(CCBr)C2CCC2)c1I. The molecule has 0 atom stereocenters. The summed E-state index contributed by atoms with van der Waals surface area (Å²) in [5.41, 5.74) is 2.03. The van der Waals surface area contributed by atoms with Crippen LogP contribution in [0.15, 0.2) is 18.2 Å². The second kappa shape index (κ2) is 6.37. The fourth-order valence-electron chi connectivity index (χ4n) is 2.21. The number of benzene rings is 1. The van der Waals surface area contributed by atoms with Gasteiger partial charge in [-0.3, -0.25) is 4.79 Å². The smallest absolute Gasteiger partial charge is 0.255 e. The predicted octanol–water partition coefficient (Wildman–Crippen LogP) is 3.99. The Morgan fingerprint density at radius 2 is 2.22 bits per heavy atom. The van der Waals surface area contributed by atoms with Gasteiger partial charge in [-0.05, 0) is 60.4 Å². The zero-order valence-corrected chi connectivity index (χ0v) is 14.2. The van der Waals surface area contributed by atoms with Gasteiger partial charge in [-0.1, -0.05) is 28.1 Å². The van der Waals surface area contributed by atoms with E-state index in [1.54, 1.807) is 0 Å². The van der Waals surface area contributed by atoms with E-state index in [4.69, 9.17) is 0 Å². The summed E-state index contributed by atoms with van der Waals surface area (Å²) in [5, 5.41) is 0.845. The summed E-state index contributed by atoms with van der Waals surface area (Å²) < 4.78 is 1.08. The summed E-state index contributed by atoms with van der Waals surface area (Å²) in [6.45, 7) is 2.85. The quantitative estimate of drug-likeness (QED) is 0.531. The topological polar surface area (TPSA) is 20.3 Å². The van der Waals surface area contributed by atoms with Crippen LogP contribution < -0.4 is 0 Å². The van der Waals surface area contributed by atoms with E-state index in [2.05, 4.69) is 51.5 Å². The number of alkyl halides is 1. The Kier molecular flexibility index (Phi) is 5.06. The van der Waals surface area contributed by atoms with Crippen molar-refractivity contribution in [1.29, 1.82) is 0 Å². The summed E-state index contributed by atoms with van der Waals surface area (Å²) in [7, 11) is 0. The van der Waals surface area contributed by atoms with Crippen LogP contribution in [-0.4, -0.2) is 28.7 Å². The van der Waals surface area contributed by atoms with Gasteiger partial charge in [0.1, 0.15) is 0 Å². The molecule has 1 amide bonds. The monoisotopic (exact) mass is 421 g/mol. The highest BCUT2D eigenvalue weighted by Crippen LogP contribution is 2.27. The van der Waals surface area contributed by atoms with Gasteiger partial charge < -0.3 is 4.90 Å². The highest BCUT2D eigenvalue weighted by Gasteiger charge is 2.29. The van der Waals surface area contributed by atoms with E-state index < -0.39 is 0 Å². The molecule has 0 heterocycles. The summed E-state index contributed by atoms with van der Waals surface area (Å²) in [4.78, 5) is 14.7. The Bertz CT molecular complexity index is 445. The highest BCUT2D eigenvalue weighted by molar-refractivity contribution is 14.1. The molecule has 1 fully saturated rings. The molecule has 1 aromatic carbocycles. The zero-order valence-electron chi connectivity index (χ0n) is 10.5. The number of aryl methyl sites for hydroxylation is 1. The fourth-order valence-corrected chi connectivity index (χ4v) is 3.18. The lowest BCUT2D eigenvalue weighted by atomic mass is 9.91. The molecule has 0 N–H and O–H groups in total. The van der Waals surface area contributed by atoms with Gasteiger partial charge in [0, 0.05) is 21.5 Å². The van der Waals surface area contributed by atoms with E-state index >= 15 is 0 Å². The van der Waals surface area contributed by atoms with Crippen molar-refractivity contribution in [2.45, 2.75) is 32.2 Å². The zero-order chi connectivity index (χ0) is 13.1. The van der Waals surface area contributed by atoms with E-state index in [9.17, 15) is 4.79 Å². The third-order valence-corrected chi connectivity index (χ3v) is 5.31. The first-order valence-corrected chi connectivity index (χ1v) is 8.47. The van der Waals surface area contributed by atoms with Gasteiger partial charge in [0.2, 0.25) is 0 Å². The average Bonchev–Trinajstić information content (AvgIpc) is 2.29. The van der Waals surface area contributed by atoms with Crippen molar-refractivity contribution in [2.75, 3.05) is 11.9 Å². The summed E-state index contributed by atoms with van der Waals surface area (Å²) >= 11 is 5.73. The van der Waals surface area contributed by atoms with Crippen LogP contribution in [-0.2, 0) is 0 Å². The molecule has 0 bridgehead atoms. The molecule has 18 heavy (non-hydrogen) atoms. The number of carbonyl (C=O) groups excluding carboxylic acids is 1. The molecule has 1 saturated carbocycles. The number of halogens is 2. The van der Waals surface area contributed by atoms with E-state index in [-0.39, 0.29) is 5.91 Å². The number of hydrogen-bond acceptors (Lipinski definition) is 1. The summed E-state index contributed by atoms with van der Waals surface area (Å²) in [5.74, 6) is 0.187. The van der Waals surface area contributed by atoms with Gasteiger partial charge in [-0.25, -0.2) is 0 Å². The maximum atomic E-state index is 12.6. The molecule has 0 saturated heterocycles. The molecule has 1 aliphatic rings. The first-order chi connectivity index (χ1) is 8.65. The molecule has 0 spiro atoms. The van der Waals surface area contributed by atoms with Crippen molar-refractivity contribution in [3.63, 3.8) is 0 Å². The van der Waals surface area contributed by atoms with Crippen LogP contribution in [0.4, 0.5) is 0 Å². The molecule has 0 unspecified atom stereocenters. The molecule has 0 aliphatic heterocycles. The third-order valence-electron chi connectivity index (χ3n) is 3.52. The maximum absolute atomic E-state index is 12.6. The number of carbonyl (C=O) groups is 1. The largest absolute Gasteiger partial charge is 0.335 e. The minimum absolute atomic E-state index is 0.187. The van der Waals surface area contributed by atoms with Crippen LogP contribution >= 0.6 is 38.5 Å². The minimum atomic E-state index is 0.187. The van der Waals surface area contributed by atoms with E-state index in [0.717, 1.165) is 33.9 Å². The first kappa shape index (κ1) is 14.3. The van der Waals surface area contributed by atoms with E-state index in [1.807, 2.05) is 17.0 Å². The van der Waals surface area contributed by atoms with Crippen molar-refractivity contribution >= 4 is 44.4 Å². The van der Waals surface area contributed by atoms with Crippen LogP contribution in [0.25, 0.3) is 0 Å². The van der Waals surface area contributed by atoms with Crippen LogP contribution in [0.3, 0.4) is 0 Å². The predicted molar refractivity (Wildman–Crippen MR) is 86.4 cm³/mol. The maximum Gasteiger partial charge on any atom is 0.255 e. The van der Waals surface area contributed by atoms with E-state index in [0.29, 0.717) is 6.04 Å². The van der Waals surface area contributed by atoms with Crippen molar-refractivity contribution in [3.05, 3.63) is 32.9 Å². The normalized spacial score (nSPS) is 15.3. The average molecular weight is 422 g/mol. The Morgan fingerprint density at radius 1 is 1.50 bits per heavy atom. The number of rotatable bonds is 4. The van der Waals surface area contributed by atoms with Crippen molar-refractivity contribution < 1.29 is 4.79 Å². The van der Waals surface area contributed by atoms with E-state index in [1.165, 1.54) is 12.0 Å². The second-order valence-electron chi connectivity index (χ2n) is 4.71. The molecule has 1 aliphatic carbocycles. The van der Waals surface area contributed by atoms with Crippen LogP contribution in [0.1, 0.15) is 35.2 Å². The molecular formula is C14H17BrINO. The molecule has 98 valence electrons. The number of hydrogen-bond donors (Lipinski definition) is 0.